The van der Waals surface area contributed by atoms with E-state index in [9.17, 15) is 0 Å². The second-order valence-corrected chi connectivity index (χ2v) is 0. The molecule has 0 aromatic carbocycles. The molecule has 0 atom stereocenters. The van der Waals surface area contributed by atoms with Crippen molar-refractivity contribution in [3.05, 3.63) is 0 Å². The average molecular weight is 141 g/mol. The third kappa shape index (κ3) is 12.2. The van der Waals surface area contributed by atoms with Gasteiger partial charge in [-0.3, -0.25) is 10.5 Å². The van der Waals surface area contributed by atoms with Crippen molar-refractivity contribution in [3.8, 4) is 0 Å². The Labute approximate surface area is 45.4 Å². The molecule has 0 aromatic rings. The van der Waals surface area contributed by atoms with Crippen molar-refractivity contribution in [2.45, 2.75) is 0 Å². The summed E-state index contributed by atoms with van der Waals surface area (Å²) < 4.78 is 0. The topological polar surface area (TPSA) is 40.5 Å². The van der Waals surface area contributed by atoms with E-state index >= 15 is 0 Å². The van der Waals surface area contributed by atoms with Crippen molar-refractivity contribution in [2.24, 2.45) is 0 Å². The summed E-state index contributed by atoms with van der Waals surface area (Å²) in [4.78, 5) is 0. The summed E-state index contributed by atoms with van der Waals surface area (Å²) in [6, 6.07) is 0. The first-order valence-electron chi connectivity index (χ1n) is 0.200. The summed E-state index contributed by atoms with van der Waals surface area (Å²) in [7, 11) is 0. The molecule has 0 spiro atoms. The number of hydrogen-bond donors (Lipinski definition) is 2. The molecule has 0 saturated carbocycles. The van der Waals surface area contributed by atoms with Crippen molar-refractivity contribution >= 4 is 0 Å². The molecule has 0 rings (SSSR count). The first-order chi connectivity index (χ1) is 1.00. The van der Waals surface area contributed by atoms with Crippen molar-refractivity contribution in [1.29, 1.82) is 0 Å². The molecule has 0 saturated heterocycles. The Bertz CT molecular complexity index is 6.00. The van der Waals surface area contributed by atoms with Crippen LogP contribution in [0.3, 0.4) is 0 Å². The van der Waals surface area contributed by atoms with Gasteiger partial charge in [-0.15, -0.1) is 0 Å². The molecular formula is H2CrMnO2. The normalized spacial score (nSPS) is 1.50. The maximum atomic E-state index is 6.00. The Morgan fingerprint density at radius 3 is 1.00 bits per heavy atom. The molecule has 0 fully saturated rings. The van der Waals surface area contributed by atoms with Gasteiger partial charge in [0.05, 0.1) is 0 Å². The molecule has 4 heavy (non-hydrogen) atoms. The molecule has 2 nitrogen and oxygen atoms in total. The zero-order valence-corrected chi connectivity index (χ0v) is 4.14. The minimum atomic E-state index is 0. The van der Waals surface area contributed by atoms with E-state index < -0.39 is 0 Å². The summed E-state index contributed by atoms with van der Waals surface area (Å²) in [5.74, 6) is 0. The number of hydrogen-bond acceptors (Lipinski definition) is 2. The van der Waals surface area contributed by atoms with Gasteiger partial charge in [-0.1, -0.05) is 0 Å². The van der Waals surface area contributed by atoms with E-state index in [1.54, 1.807) is 0 Å². The molecule has 0 heterocycles. The minimum absolute atomic E-state index is 0. The average Bonchev–Trinajstić information content (AvgIpc) is 1.00. The predicted molar refractivity (Wildman–Crippen MR) is 5.26 cm³/mol. The molecule has 0 aliphatic carbocycles. The Morgan fingerprint density at radius 2 is 1.00 bits per heavy atom. The smallest absolute Gasteiger partial charge is 0 e. The molecule has 2 N–H and O–H groups in total. The van der Waals surface area contributed by atoms with E-state index in [4.69, 9.17) is 10.5 Å². The largest absolute Gasteiger partial charge is 0.255 e. The van der Waals surface area contributed by atoms with Crippen LogP contribution in [0.25, 0.3) is 0 Å². The van der Waals surface area contributed by atoms with Crippen LogP contribution >= 0.6 is 0 Å². The van der Waals surface area contributed by atoms with Gasteiger partial charge >= 0.3 is 0 Å². The molecule has 27 valence electrons. The number of rotatable bonds is 0. The molecule has 0 bridgehead atoms. The van der Waals surface area contributed by atoms with Crippen molar-refractivity contribution in [3.63, 3.8) is 0 Å². The Balaban J connectivity index is -0.00000000500. The van der Waals surface area contributed by atoms with Crippen LogP contribution < -0.4 is 0 Å². The second kappa shape index (κ2) is 37.1. The fourth-order valence-corrected chi connectivity index (χ4v) is 0. The third-order valence-electron chi connectivity index (χ3n) is 0. The van der Waals surface area contributed by atoms with E-state index in [0.717, 1.165) is 0 Å². The first kappa shape index (κ1) is 20.2. The van der Waals surface area contributed by atoms with E-state index in [1.807, 2.05) is 0 Å². The summed E-state index contributed by atoms with van der Waals surface area (Å²) >= 11 is 0. The molecular weight excluding hydrogens is 139 g/mol. The van der Waals surface area contributed by atoms with Gasteiger partial charge in [-0.05, 0) is 0 Å². The maximum Gasteiger partial charge on any atom is 0 e. The van der Waals surface area contributed by atoms with Crippen LogP contribution in [0.1, 0.15) is 0 Å². The van der Waals surface area contributed by atoms with Gasteiger partial charge < -0.3 is 0 Å². The van der Waals surface area contributed by atoms with Gasteiger partial charge in [-0.2, -0.15) is 0 Å². The Kier molecular flexibility index (Phi) is 187. The van der Waals surface area contributed by atoms with E-state index in [0.29, 0.717) is 0 Å². The van der Waals surface area contributed by atoms with Crippen LogP contribution in [-0.4, -0.2) is 10.5 Å². The van der Waals surface area contributed by atoms with E-state index in [1.165, 1.54) is 0 Å². The van der Waals surface area contributed by atoms with Crippen LogP contribution in [0, 0.1) is 0 Å². The van der Waals surface area contributed by atoms with E-state index in [2.05, 4.69) is 0 Å². The van der Waals surface area contributed by atoms with Gasteiger partial charge in [0.25, 0.3) is 0 Å². The standard InChI is InChI=1S/Cr.Mn.H2O2/c;;1-2/h;;1-2H. The van der Waals surface area contributed by atoms with Crippen LogP contribution in [0.15, 0.2) is 0 Å². The van der Waals surface area contributed by atoms with Crippen LogP contribution in [0.2, 0.25) is 0 Å². The second-order valence-electron chi connectivity index (χ2n) is 0. The van der Waals surface area contributed by atoms with Gasteiger partial charge in [0.15, 0.2) is 0 Å². The molecule has 1 radical (unpaired) electrons. The molecule has 0 unspecified atom stereocenters. The molecule has 0 amide bonds. The van der Waals surface area contributed by atoms with E-state index in [-0.39, 0.29) is 34.4 Å². The molecule has 0 aliphatic rings. The van der Waals surface area contributed by atoms with Crippen molar-refractivity contribution in [2.75, 3.05) is 0 Å². The first-order valence-corrected chi connectivity index (χ1v) is 0.200. The fraction of sp³-hybridized carbons (Fsp3) is 0. The molecule has 0 aliphatic heterocycles. The Morgan fingerprint density at radius 1 is 1.00 bits per heavy atom. The van der Waals surface area contributed by atoms with Gasteiger partial charge in [0, 0.05) is 34.4 Å². The monoisotopic (exact) mass is 141 g/mol. The van der Waals surface area contributed by atoms with Crippen LogP contribution in [-0.2, 0) is 34.4 Å². The zero-order valence-electron chi connectivity index (χ0n) is 1.68. The fourth-order valence-electron chi connectivity index (χ4n) is 0. The predicted octanol–water partition coefficient (Wildman–Crippen LogP) is 0.0124. The summed E-state index contributed by atoms with van der Waals surface area (Å²) in [6.07, 6.45) is 0. The van der Waals surface area contributed by atoms with Gasteiger partial charge in [-0.25, -0.2) is 0 Å². The molecule has 0 aromatic heterocycles. The zero-order chi connectivity index (χ0) is 2.00. The summed E-state index contributed by atoms with van der Waals surface area (Å²) in [5, 5.41) is 12.0. The molecule has 4 heteroatoms. The van der Waals surface area contributed by atoms with Crippen molar-refractivity contribution in [1.82, 2.24) is 0 Å². The minimum Gasteiger partial charge on any atom is -0.255 e. The van der Waals surface area contributed by atoms with Gasteiger partial charge in [0.1, 0.15) is 0 Å². The summed E-state index contributed by atoms with van der Waals surface area (Å²) in [5.41, 5.74) is 0. The van der Waals surface area contributed by atoms with Crippen molar-refractivity contribution < 1.29 is 44.9 Å². The van der Waals surface area contributed by atoms with Gasteiger partial charge in [0.2, 0.25) is 0 Å². The Hall–Kier alpha value is 0.972. The maximum absolute atomic E-state index is 6.00. The SMILES string of the molecule is OO.[Cr].[Mn]. The summed E-state index contributed by atoms with van der Waals surface area (Å²) in [6.45, 7) is 0. The van der Waals surface area contributed by atoms with Crippen LogP contribution in [0.5, 0.6) is 0 Å². The van der Waals surface area contributed by atoms with Crippen LogP contribution in [0.4, 0.5) is 0 Å². The third-order valence-corrected chi connectivity index (χ3v) is 0. The quantitative estimate of drug-likeness (QED) is 0.283.